The minimum atomic E-state index is 0.00172. The van der Waals surface area contributed by atoms with Gasteiger partial charge < -0.3 is 5.32 Å². The van der Waals surface area contributed by atoms with Crippen molar-refractivity contribution >= 4 is 33.5 Å². The van der Waals surface area contributed by atoms with Crippen LogP contribution >= 0.6 is 27.7 Å². The lowest BCUT2D eigenvalue weighted by Gasteiger charge is -2.22. The molecule has 0 aliphatic heterocycles. The summed E-state index contributed by atoms with van der Waals surface area (Å²) in [4.78, 5) is 9.43. The highest BCUT2D eigenvalue weighted by Crippen LogP contribution is 2.33. The van der Waals surface area contributed by atoms with Crippen LogP contribution in [0.15, 0.2) is 4.47 Å². The van der Waals surface area contributed by atoms with Crippen LogP contribution in [0.4, 0.5) is 5.82 Å². The Labute approximate surface area is 135 Å². The molecule has 1 aromatic rings. The number of thioether (sulfide) groups is 1. The molecule has 0 fully saturated rings. The van der Waals surface area contributed by atoms with Gasteiger partial charge in [0.2, 0.25) is 0 Å². The van der Waals surface area contributed by atoms with Crippen LogP contribution in [0.3, 0.4) is 0 Å². The van der Waals surface area contributed by atoms with E-state index < -0.39 is 0 Å². The van der Waals surface area contributed by atoms with Gasteiger partial charge in [0.05, 0.1) is 15.9 Å². The Morgan fingerprint density at radius 1 is 1.25 bits per heavy atom. The zero-order chi connectivity index (χ0) is 15.3. The maximum atomic E-state index is 4.77. The summed E-state index contributed by atoms with van der Waals surface area (Å²) < 4.78 is 0.990. The molecule has 0 saturated heterocycles. The Morgan fingerprint density at radius 2 is 1.90 bits per heavy atom. The molecule has 3 nitrogen and oxygen atoms in total. The van der Waals surface area contributed by atoms with Crippen molar-refractivity contribution in [2.24, 2.45) is 0 Å². The summed E-state index contributed by atoms with van der Waals surface area (Å²) in [6.07, 6.45) is 1.17. The molecule has 114 valence electrons. The fraction of sp³-hybridized carbons (Fsp3) is 0.733. The third kappa shape index (κ3) is 4.92. The molecule has 0 spiro atoms. The predicted octanol–water partition coefficient (Wildman–Crippen LogP) is 5.00. The fourth-order valence-electron chi connectivity index (χ4n) is 1.67. The van der Waals surface area contributed by atoms with E-state index in [9.17, 15) is 0 Å². The largest absolute Gasteiger partial charge is 0.369 e. The molecular formula is C15H26BrN3S. The summed E-state index contributed by atoms with van der Waals surface area (Å²) in [5, 5.41) is 3.96. The van der Waals surface area contributed by atoms with Crippen molar-refractivity contribution in [3.05, 3.63) is 16.0 Å². The highest BCUT2D eigenvalue weighted by atomic mass is 79.9. The topological polar surface area (TPSA) is 37.8 Å². The number of anilines is 1. The number of nitrogens with one attached hydrogen (secondary N) is 1. The third-order valence-corrected chi connectivity index (χ3v) is 5.10. The molecule has 0 radical (unpaired) electrons. The Kier molecular flexibility index (Phi) is 6.79. The number of halogens is 1. The molecule has 1 aromatic heterocycles. The van der Waals surface area contributed by atoms with E-state index in [4.69, 9.17) is 4.98 Å². The number of aromatic nitrogens is 2. The average Bonchev–Trinajstić information content (AvgIpc) is 2.37. The van der Waals surface area contributed by atoms with Gasteiger partial charge in [-0.3, -0.25) is 0 Å². The van der Waals surface area contributed by atoms with Crippen molar-refractivity contribution in [1.29, 1.82) is 0 Å². The molecule has 1 rings (SSSR count). The molecule has 0 amide bonds. The highest BCUT2D eigenvalue weighted by molar-refractivity contribution is 9.10. The van der Waals surface area contributed by atoms with Crippen molar-refractivity contribution < 1.29 is 0 Å². The van der Waals surface area contributed by atoms with Crippen LogP contribution in [0.2, 0.25) is 0 Å². The summed E-state index contributed by atoms with van der Waals surface area (Å²) in [5.74, 6) is 2.69. The molecular weight excluding hydrogens is 334 g/mol. The second-order valence-corrected chi connectivity index (χ2v) is 8.18. The zero-order valence-corrected chi connectivity index (χ0v) is 15.8. The molecule has 0 aliphatic carbocycles. The van der Waals surface area contributed by atoms with Gasteiger partial charge in [-0.15, -0.1) is 0 Å². The van der Waals surface area contributed by atoms with Crippen LogP contribution < -0.4 is 5.32 Å². The lowest BCUT2D eigenvalue weighted by molar-refractivity contribution is 0.560. The molecule has 1 atom stereocenters. The molecule has 1 N–H and O–H groups in total. The van der Waals surface area contributed by atoms with Crippen molar-refractivity contribution in [3.8, 4) is 0 Å². The summed E-state index contributed by atoms with van der Waals surface area (Å²) in [6, 6.07) is 0. The Balaban J connectivity index is 3.09. The second-order valence-electron chi connectivity index (χ2n) is 5.96. The van der Waals surface area contributed by atoms with Crippen LogP contribution in [-0.2, 0) is 11.2 Å². The van der Waals surface area contributed by atoms with Crippen LogP contribution in [0, 0.1) is 0 Å². The molecule has 0 saturated carbocycles. The van der Waals surface area contributed by atoms with Crippen molar-refractivity contribution in [2.75, 3.05) is 11.9 Å². The molecule has 5 heteroatoms. The molecule has 0 aliphatic rings. The number of hydrogen-bond donors (Lipinski definition) is 1. The quantitative estimate of drug-likeness (QED) is 0.775. The van der Waals surface area contributed by atoms with Gasteiger partial charge in [0.25, 0.3) is 0 Å². The highest BCUT2D eigenvalue weighted by Gasteiger charge is 2.23. The maximum absolute atomic E-state index is 4.77. The average molecular weight is 360 g/mol. The minimum absolute atomic E-state index is 0.00172. The number of hydrogen-bond acceptors (Lipinski definition) is 4. The summed E-state index contributed by atoms with van der Waals surface area (Å²) in [6.45, 7) is 13.9. The van der Waals surface area contributed by atoms with Crippen LogP contribution in [0.25, 0.3) is 0 Å². The van der Waals surface area contributed by atoms with Gasteiger partial charge in [-0.25, -0.2) is 9.97 Å². The van der Waals surface area contributed by atoms with Gasteiger partial charge in [-0.2, -0.15) is 11.8 Å². The molecule has 20 heavy (non-hydrogen) atoms. The summed E-state index contributed by atoms with van der Waals surface area (Å²) in [7, 11) is 0. The van der Waals surface area contributed by atoms with E-state index in [0.29, 0.717) is 5.25 Å². The Bertz CT molecular complexity index is 443. The first kappa shape index (κ1) is 17.8. The van der Waals surface area contributed by atoms with Crippen LogP contribution in [0.1, 0.15) is 59.5 Å². The first-order valence-electron chi connectivity index (χ1n) is 7.21. The summed E-state index contributed by atoms with van der Waals surface area (Å²) in [5.41, 5.74) is 1.07. The van der Waals surface area contributed by atoms with Crippen molar-refractivity contribution in [2.45, 2.75) is 64.4 Å². The van der Waals surface area contributed by atoms with Crippen LogP contribution in [0.5, 0.6) is 0 Å². The van der Waals surface area contributed by atoms with E-state index in [1.54, 1.807) is 0 Å². The molecule has 1 heterocycles. The van der Waals surface area contributed by atoms with Crippen LogP contribution in [-0.4, -0.2) is 21.8 Å². The van der Waals surface area contributed by atoms with E-state index in [2.05, 4.69) is 67.8 Å². The van der Waals surface area contributed by atoms with E-state index >= 15 is 0 Å². The monoisotopic (exact) mass is 359 g/mol. The van der Waals surface area contributed by atoms with Crippen molar-refractivity contribution in [1.82, 2.24) is 9.97 Å². The van der Waals surface area contributed by atoms with E-state index in [-0.39, 0.29) is 5.41 Å². The maximum Gasteiger partial charge on any atom is 0.144 e. The van der Waals surface area contributed by atoms with Gasteiger partial charge in [-0.05, 0) is 29.3 Å². The van der Waals surface area contributed by atoms with Gasteiger partial charge in [0.15, 0.2) is 0 Å². The molecule has 0 bridgehead atoms. The van der Waals surface area contributed by atoms with E-state index in [0.717, 1.165) is 34.1 Å². The van der Waals surface area contributed by atoms with Gasteiger partial charge in [0.1, 0.15) is 11.6 Å². The van der Waals surface area contributed by atoms with Gasteiger partial charge in [-0.1, -0.05) is 34.6 Å². The number of nitrogens with zero attached hydrogens (tertiary/aromatic N) is 2. The fourth-order valence-corrected chi connectivity index (χ4v) is 3.38. The second kappa shape index (κ2) is 7.64. The number of rotatable bonds is 6. The smallest absolute Gasteiger partial charge is 0.144 e. The van der Waals surface area contributed by atoms with Gasteiger partial charge in [0, 0.05) is 17.2 Å². The van der Waals surface area contributed by atoms with Gasteiger partial charge >= 0.3 is 0 Å². The summed E-state index contributed by atoms with van der Waals surface area (Å²) >= 11 is 5.57. The predicted molar refractivity (Wildman–Crippen MR) is 93.6 cm³/mol. The standard InChI is InChI=1S/C15H26BrN3S/c1-7-10(3)20-9-11-18-13(15(4,5)6)12(16)14(19-11)17-8-2/h10H,7-9H2,1-6H3,(H,17,18,19). The van der Waals surface area contributed by atoms with E-state index in [1.165, 1.54) is 6.42 Å². The first-order valence-corrected chi connectivity index (χ1v) is 9.06. The Morgan fingerprint density at radius 3 is 2.40 bits per heavy atom. The third-order valence-electron chi connectivity index (χ3n) is 3.02. The SMILES string of the molecule is CCNc1nc(CSC(C)CC)nc(C(C)(C)C)c1Br. The lowest BCUT2D eigenvalue weighted by atomic mass is 9.92. The molecule has 1 unspecified atom stereocenters. The lowest BCUT2D eigenvalue weighted by Crippen LogP contribution is -2.18. The molecule has 0 aromatic carbocycles. The normalized spacial score (nSPS) is 13.3. The van der Waals surface area contributed by atoms with E-state index in [1.807, 2.05) is 11.8 Å². The van der Waals surface area contributed by atoms with Crippen molar-refractivity contribution in [3.63, 3.8) is 0 Å². The Hall–Kier alpha value is -0.290. The zero-order valence-electron chi connectivity index (χ0n) is 13.4. The first-order chi connectivity index (χ1) is 9.29. The minimum Gasteiger partial charge on any atom is -0.369 e.